The van der Waals surface area contributed by atoms with E-state index in [1.807, 2.05) is 0 Å². The van der Waals surface area contributed by atoms with Crippen LogP contribution in [0, 0.1) is 10.1 Å². The lowest BCUT2D eigenvalue weighted by Crippen LogP contribution is -2.24. The number of carbonyl (C=O) groups is 1. The lowest BCUT2D eigenvalue weighted by molar-refractivity contribution is -0.384. The van der Waals surface area contributed by atoms with E-state index in [0.29, 0.717) is 22.1 Å². The fourth-order valence-corrected chi connectivity index (χ4v) is 2.03. The van der Waals surface area contributed by atoms with E-state index in [1.165, 1.54) is 31.5 Å². The molecule has 2 rings (SSSR count). The SMILES string of the molecule is COc1ccc([N+](=O)[O-])cc1/C=N\NC(=O)COc1cccc(Cl)c1. The Morgan fingerprint density at radius 2 is 2.16 bits per heavy atom. The maximum absolute atomic E-state index is 11.7. The third kappa shape index (κ3) is 5.47. The number of ether oxygens (including phenoxy) is 2. The quantitative estimate of drug-likeness (QED) is 0.463. The van der Waals surface area contributed by atoms with Gasteiger partial charge in [0.2, 0.25) is 0 Å². The number of nitrogens with one attached hydrogen (secondary N) is 1. The van der Waals surface area contributed by atoms with Crippen molar-refractivity contribution in [2.75, 3.05) is 13.7 Å². The zero-order chi connectivity index (χ0) is 18.2. The van der Waals surface area contributed by atoms with Gasteiger partial charge in [-0.2, -0.15) is 5.10 Å². The van der Waals surface area contributed by atoms with Crippen molar-refractivity contribution in [3.63, 3.8) is 0 Å². The predicted molar refractivity (Wildman–Crippen MR) is 92.3 cm³/mol. The highest BCUT2D eigenvalue weighted by Gasteiger charge is 2.10. The molecule has 2 aromatic rings. The molecule has 0 aliphatic carbocycles. The van der Waals surface area contributed by atoms with Crippen LogP contribution in [-0.2, 0) is 4.79 Å². The van der Waals surface area contributed by atoms with E-state index in [-0.39, 0.29) is 12.3 Å². The van der Waals surface area contributed by atoms with Crippen molar-refractivity contribution >= 4 is 29.4 Å². The lowest BCUT2D eigenvalue weighted by atomic mass is 10.2. The first-order chi connectivity index (χ1) is 12.0. The molecule has 1 amide bonds. The molecule has 25 heavy (non-hydrogen) atoms. The molecule has 0 spiro atoms. The van der Waals surface area contributed by atoms with Crippen LogP contribution in [0.4, 0.5) is 5.69 Å². The van der Waals surface area contributed by atoms with Gasteiger partial charge in [0.25, 0.3) is 11.6 Å². The van der Waals surface area contributed by atoms with Crippen LogP contribution in [0.2, 0.25) is 5.02 Å². The van der Waals surface area contributed by atoms with Crippen LogP contribution in [0.15, 0.2) is 47.6 Å². The summed E-state index contributed by atoms with van der Waals surface area (Å²) in [4.78, 5) is 22.0. The number of nitro groups is 1. The van der Waals surface area contributed by atoms with Crippen molar-refractivity contribution in [1.29, 1.82) is 0 Å². The van der Waals surface area contributed by atoms with E-state index in [9.17, 15) is 14.9 Å². The molecule has 2 aromatic carbocycles. The van der Waals surface area contributed by atoms with Crippen LogP contribution in [0.25, 0.3) is 0 Å². The van der Waals surface area contributed by atoms with Gasteiger partial charge in [-0.3, -0.25) is 14.9 Å². The van der Waals surface area contributed by atoms with Crippen LogP contribution in [0.3, 0.4) is 0 Å². The minimum absolute atomic E-state index is 0.113. The van der Waals surface area contributed by atoms with Gasteiger partial charge in [-0.15, -0.1) is 0 Å². The molecule has 0 fully saturated rings. The van der Waals surface area contributed by atoms with Crippen molar-refractivity contribution in [1.82, 2.24) is 5.43 Å². The first kappa shape index (κ1) is 18.2. The van der Waals surface area contributed by atoms with E-state index in [1.54, 1.807) is 24.3 Å². The number of halogens is 1. The standard InChI is InChI=1S/C16H14ClN3O5/c1-24-15-6-5-13(20(22)23)7-11(15)9-18-19-16(21)10-25-14-4-2-3-12(17)8-14/h2-9H,10H2,1H3,(H,19,21)/b18-9-. The molecule has 0 bridgehead atoms. The van der Waals surface area contributed by atoms with E-state index in [0.717, 1.165) is 0 Å². The highest BCUT2D eigenvalue weighted by atomic mass is 35.5. The zero-order valence-corrected chi connectivity index (χ0v) is 13.9. The Hall–Kier alpha value is -3.13. The summed E-state index contributed by atoms with van der Waals surface area (Å²) in [5.74, 6) is 0.339. The van der Waals surface area contributed by atoms with E-state index in [2.05, 4.69) is 10.5 Å². The van der Waals surface area contributed by atoms with Crippen LogP contribution in [-0.4, -0.2) is 30.8 Å². The number of nitro benzene ring substituents is 1. The second-order valence-electron chi connectivity index (χ2n) is 4.72. The molecule has 0 atom stereocenters. The number of carbonyl (C=O) groups excluding carboxylic acids is 1. The molecule has 1 N–H and O–H groups in total. The second-order valence-corrected chi connectivity index (χ2v) is 5.16. The van der Waals surface area contributed by atoms with Crippen LogP contribution < -0.4 is 14.9 Å². The number of rotatable bonds is 7. The average molecular weight is 364 g/mol. The first-order valence-electron chi connectivity index (χ1n) is 7.02. The number of amides is 1. The predicted octanol–water partition coefficient (Wildman–Crippen LogP) is 2.79. The van der Waals surface area contributed by atoms with Gasteiger partial charge < -0.3 is 9.47 Å². The molecule has 0 saturated carbocycles. The Bertz CT molecular complexity index is 810. The number of methoxy groups -OCH3 is 1. The molecule has 0 aliphatic rings. The summed E-state index contributed by atoms with van der Waals surface area (Å²) in [5.41, 5.74) is 2.50. The highest BCUT2D eigenvalue weighted by Crippen LogP contribution is 2.22. The van der Waals surface area contributed by atoms with Crippen molar-refractivity contribution in [3.05, 3.63) is 63.2 Å². The Morgan fingerprint density at radius 1 is 1.36 bits per heavy atom. The van der Waals surface area contributed by atoms with Crippen LogP contribution in [0.5, 0.6) is 11.5 Å². The Morgan fingerprint density at radius 3 is 2.84 bits per heavy atom. The van der Waals surface area contributed by atoms with Crippen molar-refractivity contribution < 1.29 is 19.2 Å². The molecule has 0 heterocycles. The molecule has 0 aliphatic heterocycles. The number of hydrogen-bond acceptors (Lipinski definition) is 6. The average Bonchev–Trinajstić information content (AvgIpc) is 2.60. The van der Waals surface area contributed by atoms with E-state index in [4.69, 9.17) is 21.1 Å². The molecule has 130 valence electrons. The normalized spacial score (nSPS) is 10.5. The van der Waals surface area contributed by atoms with Gasteiger partial charge >= 0.3 is 0 Å². The zero-order valence-electron chi connectivity index (χ0n) is 13.1. The van der Waals surface area contributed by atoms with Gasteiger partial charge in [0.15, 0.2) is 6.61 Å². The molecule has 0 radical (unpaired) electrons. The van der Waals surface area contributed by atoms with Gasteiger partial charge in [-0.1, -0.05) is 17.7 Å². The van der Waals surface area contributed by atoms with Gasteiger partial charge in [-0.25, -0.2) is 5.43 Å². The largest absolute Gasteiger partial charge is 0.496 e. The monoisotopic (exact) mass is 363 g/mol. The summed E-state index contributed by atoms with van der Waals surface area (Å²) < 4.78 is 10.4. The van der Waals surface area contributed by atoms with Gasteiger partial charge in [0.05, 0.1) is 18.2 Å². The number of hydrogen-bond donors (Lipinski definition) is 1. The van der Waals surface area contributed by atoms with Gasteiger partial charge in [-0.05, 0) is 24.3 Å². The summed E-state index contributed by atoms with van der Waals surface area (Å²) in [6.07, 6.45) is 1.25. The fraction of sp³-hybridized carbons (Fsp3) is 0.125. The van der Waals surface area contributed by atoms with Gasteiger partial charge in [0, 0.05) is 22.7 Å². The number of nitrogens with zero attached hydrogens (tertiary/aromatic N) is 2. The Balaban J connectivity index is 1.94. The summed E-state index contributed by atoms with van der Waals surface area (Å²) in [6, 6.07) is 10.7. The third-order valence-corrected chi connectivity index (χ3v) is 3.22. The summed E-state index contributed by atoms with van der Waals surface area (Å²) in [5, 5.41) is 15.0. The molecular weight excluding hydrogens is 350 g/mol. The maximum atomic E-state index is 11.7. The van der Waals surface area contributed by atoms with Crippen LogP contribution in [0.1, 0.15) is 5.56 Å². The van der Waals surface area contributed by atoms with Crippen molar-refractivity contribution in [2.24, 2.45) is 5.10 Å². The smallest absolute Gasteiger partial charge is 0.277 e. The topological polar surface area (TPSA) is 103 Å². The summed E-state index contributed by atoms with van der Waals surface area (Å²) in [7, 11) is 1.43. The number of hydrazone groups is 1. The molecule has 0 unspecified atom stereocenters. The maximum Gasteiger partial charge on any atom is 0.277 e. The third-order valence-electron chi connectivity index (χ3n) is 2.98. The van der Waals surface area contributed by atoms with E-state index >= 15 is 0 Å². The molecular formula is C16H14ClN3O5. The molecule has 8 nitrogen and oxygen atoms in total. The Labute approximate surface area is 148 Å². The molecule has 0 saturated heterocycles. The minimum Gasteiger partial charge on any atom is -0.496 e. The fourth-order valence-electron chi connectivity index (χ4n) is 1.85. The number of benzene rings is 2. The van der Waals surface area contributed by atoms with Gasteiger partial charge in [0.1, 0.15) is 11.5 Å². The first-order valence-corrected chi connectivity index (χ1v) is 7.40. The van der Waals surface area contributed by atoms with Crippen molar-refractivity contribution in [2.45, 2.75) is 0 Å². The Kier molecular flexibility index (Phi) is 6.30. The minimum atomic E-state index is -0.534. The number of non-ortho nitro benzene ring substituents is 1. The highest BCUT2D eigenvalue weighted by molar-refractivity contribution is 6.30. The van der Waals surface area contributed by atoms with Crippen LogP contribution >= 0.6 is 11.6 Å². The van der Waals surface area contributed by atoms with E-state index < -0.39 is 10.8 Å². The summed E-state index contributed by atoms with van der Waals surface area (Å²) in [6.45, 7) is -0.260. The molecule has 9 heteroatoms. The lowest BCUT2D eigenvalue weighted by Gasteiger charge is -2.06. The van der Waals surface area contributed by atoms with Crippen molar-refractivity contribution in [3.8, 4) is 11.5 Å². The molecule has 0 aromatic heterocycles. The summed E-state index contributed by atoms with van der Waals surface area (Å²) >= 11 is 5.81. The second kappa shape index (κ2) is 8.65.